The summed E-state index contributed by atoms with van der Waals surface area (Å²) in [4.78, 5) is 17.0. The Balaban J connectivity index is 1.87. The van der Waals surface area contributed by atoms with Gasteiger partial charge in [-0.25, -0.2) is 4.39 Å². The summed E-state index contributed by atoms with van der Waals surface area (Å²) in [5.74, 6) is -0.194. The molecule has 0 saturated carbocycles. The van der Waals surface area contributed by atoms with Gasteiger partial charge in [0.05, 0.1) is 6.54 Å². The zero-order chi connectivity index (χ0) is 15.0. The first kappa shape index (κ1) is 13.5. The summed E-state index contributed by atoms with van der Waals surface area (Å²) in [6, 6.07) is 6.99. The summed E-state index contributed by atoms with van der Waals surface area (Å²) in [6.07, 6.45) is -1.07. The van der Waals surface area contributed by atoms with Crippen LogP contribution in [0.4, 0.5) is 10.4 Å². The van der Waals surface area contributed by atoms with Crippen molar-refractivity contribution in [3.05, 3.63) is 29.8 Å². The Morgan fingerprint density at radius 2 is 2.14 bits per heavy atom. The van der Waals surface area contributed by atoms with Crippen LogP contribution < -0.4 is 10.6 Å². The lowest BCUT2D eigenvalue weighted by Gasteiger charge is -2.18. The van der Waals surface area contributed by atoms with Crippen LogP contribution in [0.5, 0.6) is 0 Å². The molecule has 1 saturated heterocycles. The van der Waals surface area contributed by atoms with E-state index in [1.807, 2.05) is 31.2 Å². The first-order chi connectivity index (χ1) is 10.0. The third-order valence-corrected chi connectivity index (χ3v) is 3.55. The zero-order valence-electron chi connectivity index (χ0n) is 11.5. The molecule has 2 atom stereocenters. The SMILES string of the molecule is Cc1ccc(-c2noc(N3C[C@H](F)C[C@H]3C(N)=O)n2)cc1. The molecule has 110 valence electrons. The van der Waals surface area contributed by atoms with E-state index >= 15 is 0 Å². The van der Waals surface area contributed by atoms with Crippen molar-refractivity contribution in [3.8, 4) is 11.4 Å². The minimum Gasteiger partial charge on any atom is -0.368 e. The van der Waals surface area contributed by atoms with Crippen molar-refractivity contribution in [3.63, 3.8) is 0 Å². The molecule has 2 N–H and O–H groups in total. The number of alkyl halides is 1. The van der Waals surface area contributed by atoms with E-state index in [0.717, 1.165) is 11.1 Å². The predicted octanol–water partition coefficient (Wildman–Crippen LogP) is 1.45. The number of amides is 1. The van der Waals surface area contributed by atoms with Crippen LogP contribution >= 0.6 is 0 Å². The highest BCUT2D eigenvalue weighted by molar-refractivity contribution is 5.83. The number of halogens is 1. The highest BCUT2D eigenvalue weighted by Crippen LogP contribution is 2.27. The Hall–Kier alpha value is -2.44. The van der Waals surface area contributed by atoms with Gasteiger partial charge in [0.15, 0.2) is 0 Å². The van der Waals surface area contributed by atoms with E-state index in [0.29, 0.717) is 5.82 Å². The molecule has 0 bridgehead atoms. The van der Waals surface area contributed by atoms with Crippen molar-refractivity contribution in [1.29, 1.82) is 0 Å². The molecular weight excluding hydrogens is 275 g/mol. The number of nitrogens with zero attached hydrogens (tertiary/aromatic N) is 3. The molecule has 2 aromatic rings. The smallest absolute Gasteiger partial charge is 0.325 e. The topological polar surface area (TPSA) is 85.3 Å². The molecule has 0 aliphatic carbocycles. The van der Waals surface area contributed by atoms with Gasteiger partial charge in [-0.3, -0.25) is 4.79 Å². The summed E-state index contributed by atoms with van der Waals surface area (Å²) >= 11 is 0. The number of rotatable bonds is 3. The number of aromatic nitrogens is 2. The molecule has 1 fully saturated rings. The normalized spacial score (nSPS) is 21.7. The molecule has 1 aliphatic rings. The van der Waals surface area contributed by atoms with Crippen LogP contribution in [-0.2, 0) is 4.79 Å². The lowest BCUT2D eigenvalue weighted by Crippen LogP contribution is -2.40. The fourth-order valence-electron chi connectivity index (χ4n) is 2.42. The van der Waals surface area contributed by atoms with Gasteiger partial charge >= 0.3 is 6.01 Å². The van der Waals surface area contributed by atoms with E-state index in [1.165, 1.54) is 4.90 Å². The lowest BCUT2D eigenvalue weighted by molar-refractivity contribution is -0.119. The molecular formula is C14H15FN4O2. The number of aryl methyl sites for hydroxylation is 1. The van der Waals surface area contributed by atoms with E-state index in [9.17, 15) is 9.18 Å². The van der Waals surface area contributed by atoms with Gasteiger partial charge in [0.1, 0.15) is 12.2 Å². The fourth-order valence-corrected chi connectivity index (χ4v) is 2.42. The number of hydrogen-bond acceptors (Lipinski definition) is 5. The third-order valence-electron chi connectivity index (χ3n) is 3.55. The summed E-state index contributed by atoms with van der Waals surface area (Å²) in [5.41, 5.74) is 7.20. The maximum atomic E-state index is 13.5. The van der Waals surface area contributed by atoms with Gasteiger partial charge in [-0.05, 0) is 6.92 Å². The minimum absolute atomic E-state index is 0.0309. The van der Waals surface area contributed by atoms with Crippen LogP contribution in [0.2, 0.25) is 0 Å². The Bertz CT molecular complexity index is 655. The largest absolute Gasteiger partial charge is 0.368 e. The minimum atomic E-state index is -1.13. The van der Waals surface area contributed by atoms with Gasteiger partial charge in [0, 0.05) is 12.0 Å². The number of carbonyl (C=O) groups excluding carboxylic acids is 1. The fraction of sp³-hybridized carbons (Fsp3) is 0.357. The van der Waals surface area contributed by atoms with E-state index in [-0.39, 0.29) is 19.0 Å². The number of anilines is 1. The van der Waals surface area contributed by atoms with Crippen molar-refractivity contribution in [2.45, 2.75) is 25.6 Å². The first-order valence-electron chi connectivity index (χ1n) is 6.65. The number of benzene rings is 1. The van der Waals surface area contributed by atoms with Gasteiger partial charge in [0.25, 0.3) is 0 Å². The van der Waals surface area contributed by atoms with Gasteiger partial charge in [-0.15, -0.1) is 0 Å². The molecule has 0 unspecified atom stereocenters. The van der Waals surface area contributed by atoms with Crippen LogP contribution in [0.25, 0.3) is 11.4 Å². The maximum absolute atomic E-state index is 13.5. The summed E-state index contributed by atoms with van der Waals surface area (Å²) < 4.78 is 18.7. The van der Waals surface area contributed by atoms with Crippen molar-refractivity contribution >= 4 is 11.9 Å². The molecule has 1 aromatic carbocycles. The number of nitrogens with two attached hydrogens (primary N) is 1. The quantitative estimate of drug-likeness (QED) is 0.924. The van der Waals surface area contributed by atoms with Crippen LogP contribution in [0.3, 0.4) is 0 Å². The second kappa shape index (κ2) is 5.16. The second-order valence-corrected chi connectivity index (χ2v) is 5.17. The standard InChI is InChI=1S/C14H15FN4O2/c1-8-2-4-9(5-3-8)13-17-14(21-18-13)19-7-10(15)6-11(19)12(16)20/h2-5,10-11H,6-7H2,1H3,(H2,16,20)/t10-,11+/m1/s1. The molecule has 7 heteroatoms. The molecule has 1 amide bonds. The van der Waals surface area contributed by atoms with Crippen LogP contribution in [-0.4, -0.2) is 34.8 Å². The first-order valence-corrected chi connectivity index (χ1v) is 6.65. The van der Waals surface area contributed by atoms with Crippen molar-refractivity contribution in [1.82, 2.24) is 10.1 Å². The van der Waals surface area contributed by atoms with Crippen molar-refractivity contribution < 1.29 is 13.7 Å². The molecule has 21 heavy (non-hydrogen) atoms. The molecule has 0 radical (unpaired) electrons. The van der Waals surface area contributed by atoms with Gasteiger partial charge < -0.3 is 15.2 Å². The Morgan fingerprint density at radius 3 is 2.81 bits per heavy atom. The third kappa shape index (κ3) is 2.58. The van der Waals surface area contributed by atoms with Crippen LogP contribution in [0, 0.1) is 6.92 Å². The van der Waals surface area contributed by atoms with Crippen LogP contribution in [0.15, 0.2) is 28.8 Å². The molecule has 0 spiro atoms. The summed E-state index contributed by atoms with van der Waals surface area (Å²) in [6.45, 7) is 2.01. The summed E-state index contributed by atoms with van der Waals surface area (Å²) in [5, 5.41) is 3.88. The molecule has 6 nitrogen and oxygen atoms in total. The van der Waals surface area contributed by atoms with E-state index in [4.69, 9.17) is 10.3 Å². The second-order valence-electron chi connectivity index (χ2n) is 5.17. The Kier molecular flexibility index (Phi) is 3.32. The van der Waals surface area contributed by atoms with E-state index in [2.05, 4.69) is 10.1 Å². The number of primary amides is 1. The van der Waals surface area contributed by atoms with Gasteiger partial charge in [0.2, 0.25) is 11.7 Å². The predicted molar refractivity (Wildman–Crippen MR) is 74.3 cm³/mol. The highest BCUT2D eigenvalue weighted by Gasteiger charge is 2.38. The summed E-state index contributed by atoms with van der Waals surface area (Å²) in [7, 11) is 0. The molecule has 1 aromatic heterocycles. The zero-order valence-corrected chi connectivity index (χ0v) is 11.5. The number of carbonyl (C=O) groups is 1. The van der Waals surface area contributed by atoms with Gasteiger partial charge in [-0.1, -0.05) is 35.0 Å². The van der Waals surface area contributed by atoms with Gasteiger partial charge in [-0.2, -0.15) is 4.98 Å². The lowest BCUT2D eigenvalue weighted by atomic mass is 10.1. The van der Waals surface area contributed by atoms with Crippen LogP contribution in [0.1, 0.15) is 12.0 Å². The molecule has 1 aliphatic heterocycles. The van der Waals surface area contributed by atoms with Crippen molar-refractivity contribution in [2.75, 3.05) is 11.4 Å². The average Bonchev–Trinajstić information content (AvgIpc) is 3.06. The molecule has 2 heterocycles. The monoisotopic (exact) mass is 290 g/mol. The molecule has 3 rings (SSSR count). The Labute approximate surface area is 120 Å². The highest BCUT2D eigenvalue weighted by atomic mass is 19.1. The van der Waals surface area contributed by atoms with Crippen molar-refractivity contribution in [2.24, 2.45) is 5.73 Å². The van der Waals surface area contributed by atoms with E-state index < -0.39 is 18.1 Å². The number of hydrogen-bond donors (Lipinski definition) is 1. The average molecular weight is 290 g/mol. The van der Waals surface area contributed by atoms with E-state index in [1.54, 1.807) is 0 Å². The maximum Gasteiger partial charge on any atom is 0.325 e. The Morgan fingerprint density at radius 1 is 1.43 bits per heavy atom.